The smallest absolute Gasteiger partial charge is 0.436 e. The van der Waals surface area contributed by atoms with E-state index in [-0.39, 0.29) is 129 Å². The summed E-state index contributed by atoms with van der Waals surface area (Å²) < 4.78 is 118. The number of rotatable bonds is 5. The third-order valence-electron chi connectivity index (χ3n) is 16.9. The van der Waals surface area contributed by atoms with Crippen LogP contribution in [0.1, 0.15) is 321 Å². The van der Waals surface area contributed by atoms with Crippen molar-refractivity contribution in [1.82, 2.24) is 59.8 Å². The number of hydrogen-bond acceptors (Lipinski definition) is 18. The van der Waals surface area contributed by atoms with Crippen LogP contribution in [-0.4, -0.2) is 96.1 Å². The molecule has 0 bridgehead atoms. The Bertz CT molecular complexity index is 5120. The van der Waals surface area contributed by atoms with Crippen LogP contribution < -0.4 is 9.97 Å². The molecule has 146 heavy (non-hydrogen) atoms. The summed E-state index contributed by atoms with van der Waals surface area (Å²) in [5, 5.41) is 0. The van der Waals surface area contributed by atoms with Crippen molar-refractivity contribution >= 4 is 83.9 Å². The zero-order valence-electron chi connectivity index (χ0n) is 92.2. The SMILES string of the molecule is CC(C)(C)c1ccnc(-c2cc(C(C)(C)C)ccn2)c1.CC(C)(C)c1ccnc(-c2cc(C(C)(C)C)ccn2)c1.CC(C)(C)c1ccnc(-c2cc(C(C)(C)C)ccn2)c1.CC(C)(C)c1ccnc(-c2cc(C(C)(C)C)ccn2)c1.CC(C)=O.CC(C)=O.CC(C)=O.CC(C)=O.CC(C)=O.CC(C)=O.CC(C)=O.CC(C)=O.F[P-](F)(F)(F)(F)F.F[P-](F)(F)(F)(F)F.[Ru+2].[Ru+2].c1ccc2[n-]c(-c3nc4ccccc4[n-]3)nc2c1. The third-order valence-corrected chi connectivity index (χ3v) is 16.9. The number of carbonyl (C=O) groups is 8. The van der Waals surface area contributed by atoms with E-state index in [1.165, 1.54) is 155 Å². The molecule has 0 fully saturated rings. The number of benzene rings is 2. The number of ketones is 8. The molecule has 0 radical (unpaired) electrons. The van der Waals surface area contributed by atoms with Crippen molar-refractivity contribution in [1.29, 1.82) is 0 Å². The molecule has 0 saturated heterocycles. The maximum atomic E-state index is 9.87. The predicted octanol–water partition coefficient (Wildman–Crippen LogP) is 32.8. The molecule has 0 aliphatic carbocycles. The van der Waals surface area contributed by atoms with E-state index in [1.54, 1.807) is 0 Å². The van der Waals surface area contributed by atoms with Crippen molar-refractivity contribution in [2.24, 2.45) is 0 Å². The van der Waals surface area contributed by atoms with Crippen molar-refractivity contribution in [3.8, 4) is 57.2 Å². The molecule has 12 rings (SSSR count). The molecule has 10 aromatic heterocycles. The number of imidazole rings is 2. The molecule has 20 nitrogen and oxygen atoms in total. The molecule has 10 heterocycles. The summed E-state index contributed by atoms with van der Waals surface area (Å²) in [5.74, 6) is 2.51. The van der Waals surface area contributed by atoms with Crippen molar-refractivity contribution in [3.05, 3.63) is 240 Å². The number of pyridine rings is 8. The van der Waals surface area contributed by atoms with Crippen LogP contribution in [-0.2, 0) is 121 Å². The fourth-order valence-corrected chi connectivity index (χ4v) is 10.3. The molecular weight excluding hydrogens is 2110 g/mol. The van der Waals surface area contributed by atoms with Gasteiger partial charge in [-0.25, -0.2) is 0 Å². The first-order valence-corrected chi connectivity index (χ1v) is 49.9. The molecule has 0 unspecified atom stereocenters. The number of nitrogens with zero attached hydrogens (tertiary/aromatic N) is 12. The summed E-state index contributed by atoms with van der Waals surface area (Å²) >= 11 is 0. The van der Waals surface area contributed by atoms with Crippen LogP contribution >= 0.6 is 15.6 Å². The Hall–Kier alpha value is -10.8. The second-order valence-corrected chi connectivity index (χ2v) is 46.5. The zero-order valence-corrected chi connectivity index (χ0v) is 97.5. The topological polar surface area (TPSA) is 294 Å². The molecule has 0 amide bonds. The summed E-state index contributed by atoms with van der Waals surface area (Å²) in [6, 6.07) is 49.4. The van der Waals surface area contributed by atoms with Gasteiger partial charge in [0.05, 0.1) is 45.6 Å². The molecule has 0 spiro atoms. The summed E-state index contributed by atoms with van der Waals surface area (Å²) in [6.45, 7) is 77.6. The van der Waals surface area contributed by atoms with E-state index < -0.39 is 15.6 Å². The second-order valence-electron chi connectivity index (χ2n) is 42.7. The van der Waals surface area contributed by atoms with Crippen LogP contribution in [0.25, 0.3) is 79.3 Å². The first kappa shape index (κ1) is 144. The van der Waals surface area contributed by atoms with Gasteiger partial charge in [0.25, 0.3) is 0 Å². The van der Waals surface area contributed by atoms with E-state index in [1.807, 2.05) is 98.1 Å². The minimum absolute atomic E-state index is 0. The van der Waals surface area contributed by atoms with Gasteiger partial charge < -0.3 is 58.3 Å². The molecule has 810 valence electrons. The maximum Gasteiger partial charge on any atom is 2.00 e. The standard InChI is InChI=1S/4C18H24N2.C14H8N4.8C3H6O.2F6P.2Ru/c4*1-17(2,3)13-7-9-19-15(11-13)16-12-14(8-10-20-16)18(4,5)6;1-2-6-10-9(5-1)15-13(16-10)14-17-11-7-3-4-8-12(11)18-14;8*1-3(2)4;2*1-7(2,3,4,5)6;;/h4*7-12H,1-6H3;1-8H;8*1-2H3;;;;/q;;;;-2;;;;;;;;;2*-1;2*+2. The van der Waals surface area contributed by atoms with E-state index in [0.29, 0.717) is 11.6 Å². The number of fused-ring (bicyclic) bond motifs is 2. The Morgan fingerprint density at radius 1 is 0.205 bits per heavy atom. The normalized spacial score (nSPS) is 11.9. The minimum Gasteiger partial charge on any atom is -0.436 e. The molecule has 0 atom stereocenters. The van der Waals surface area contributed by atoms with Gasteiger partial charge in [-0.15, -0.1) is 0 Å². The van der Waals surface area contributed by atoms with Gasteiger partial charge in [0.15, 0.2) is 0 Å². The second kappa shape index (κ2) is 58.8. The molecule has 0 aliphatic rings. The van der Waals surface area contributed by atoms with Crippen molar-refractivity contribution in [3.63, 3.8) is 0 Å². The zero-order chi connectivity index (χ0) is 113. The summed E-state index contributed by atoms with van der Waals surface area (Å²) in [4.78, 5) is 129. The number of para-hydroxylation sites is 4. The fraction of sp³-hybridized carbons (Fsp3) is 0.436. The van der Waals surface area contributed by atoms with E-state index in [0.717, 1.165) is 67.6 Å². The molecule has 2 aromatic carbocycles. The average Bonchev–Trinajstić information content (AvgIpc) is 0.956. The van der Waals surface area contributed by atoms with Crippen LogP contribution in [0.3, 0.4) is 0 Å². The van der Waals surface area contributed by atoms with Crippen molar-refractivity contribution in [2.45, 2.75) is 320 Å². The van der Waals surface area contributed by atoms with Gasteiger partial charge in [0.2, 0.25) is 0 Å². The Morgan fingerprint density at radius 2 is 0.308 bits per heavy atom. The minimum atomic E-state index is -10.7. The largest absolute Gasteiger partial charge is 2.00 e. The fourth-order valence-electron chi connectivity index (χ4n) is 10.3. The third kappa shape index (κ3) is 75.8. The van der Waals surface area contributed by atoms with Crippen LogP contribution in [0.15, 0.2) is 195 Å². The molecular formula is C110H152F12N12O8P2Ru2. The number of halogens is 12. The van der Waals surface area contributed by atoms with E-state index in [2.05, 4.69) is 323 Å². The van der Waals surface area contributed by atoms with Gasteiger partial charge >= 0.3 is 105 Å². The van der Waals surface area contributed by atoms with Gasteiger partial charge in [0, 0.05) is 49.6 Å². The molecule has 12 aromatic rings. The van der Waals surface area contributed by atoms with Crippen LogP contribution in [0.4, 0.5) is 50.4 Å². The van der Waals surface area contributed by atoms with Crippen LogP contribution in [0.5, 0.6) is 0 Å². The Balaban J connectivity index is -0.000000510. The Morgan fingerprint density at radius 3 is 0.404 bits per heavy atom. The van der Waals surface area contributed by atoms with Gasteiger partial charge in [0.1, 0.15) is 46.3 Å². The Labute approximate surface area is 882 Å². The summed E-state index contributed by atoms with van der Waals surface area (Å²) in [7, 11) is -21.3. The molecule has 0 N–H and O–H groups in total. The van der Waals surface area contributed by atoms with Gasteiger partial charge in [-0.2, -0.15) is 0 Å². The number of carbonyl (C=O) groups excluding carboxylic acids is 8. The Kier molecular flexibility index (Phi) is 57.9. The van der Waals surface area contributed by atoms with Gasteiger partial charge in [-0.3, -0.25) is 39.9 Å². The molecule has 0 aliphatic heterocycles. The average molecular weight is 2260 g/mol. The first-order valence-electron chi connectivity index (χ1n) is 45.8. The van der Waals surface area contributed by atoms with Crippen molar-refractivity contribution < 1.29 is 128 Å². The van der Waals surface area contributed by atoms with E-state index >= 15 is 0 Å². The molecule has 36 heteroatoms. The quantitative estimate of drug-likeness (QED) is 0.0878. The molecule has 0 saturated carbocycles. The van der Waals surface area contributed by atoms with Crippen LogP contribution in [0.2, 0.25) is 0 Å². The van der Waals surface area contributed by atoms with E-state index in [4.69, 9.17) is 0 Å². The van der Waals surface area contributed by atoms with Crippen LogP contribution in [0, 0.1) is 0 Å². The maximum absolute atomic E-state index is 10.7. The number of Topliss-reactive ketones (excluding diaryl/α,β-unsaturated/α-hetero) is 8. The predicted molar refractivity (Wildman–Crippen MR) is 567 cm³/mol. The first-order chi connectivity index (χ1) is 64.4. The number of hydrogen-bond donors (Lipinski definition) is 0. The van der Waals surface area contributed by atoms with Gasteiger partial charge in [-0.1, -0.05) is 226 Å². The van der Waals surface area contributed by atoms with E-state index in [9.17, 15) is 88.7 Å². The van der Waals surface area contributed by atoms with Gasteiger partial charge in [-0.05, 0) is 318 Å². The van der Waals surface area contributed by atoms with Crippen molar-refractivity contribution in [2.75, 3.05) is 0 Å². The summed E-state index contributed by atoms with van der Waals surface area (Å²) in [6.07, 6.45) is 15.0. The summed E-state index contributed by atoms with van der Waals surface area (Å²) in [5.41, 5.74) is 22.3. The number of aromatic nitrogens is 12. The monoisotopic (exact) mass is 2260 g/mol.